The lowest BCUT2D eigenvalue weighted by Crippen LogP contribution is -2.36. The van der Waals surface area contributed by atoms with Gasteiger partial charge in [0.15, 0.2) is 0 Å². The van der Waals surface area contributed by atoms with E-state index in [1.54, 1.807) is 0 Å². The molecule has 3 atom stereocenters. The van der Waals surface area contributed by atoms with Gasteiger partial charge in [0.2, 0.25) is 5.91 Å². The first-order valence-electron chi connectivity index (χ1n) is 7.97. The van der Waals surface area contributed by atoms with Crippen molar-refractivity contribution in [1.29, 1.82) is 0 Å². The molecule has 2 bridgehead atoms. The number of carbonyl (C=O) groups excluding carboxylic acids is 1. The van der Waals surface area contributed by atoms with Gasteiger partial charge < -0.3 is 10.5 Å². The van der Waals surface area contributed by atoms with E-state index in [-0.39, 0.29) is 11.8 Å². The summed E-state index contributed by atoms with van der Waals surface area (Å²) in [5, 5.41) is 0. The maximum Gasteiger partial charge on any atom is 0.224 e. The van der Waals surface area contributed by atoms with Crippen LogP contribution in [0.1, 0.15) is 41.9 Å². The van der Waals surface area contributed by atoms with Gasteiger partial charge in [0.1, 0.15) is 0 Å². The number of fused-ring (bicyclic) bond motifs is 3. The number of likely N-dealkylation sites (tertiary alicyclic amines) is 1. The SMILES string of the molecule is NC(=O)C1CCCc2cc(CN3CC4CC3CO4)ccc21. The van der Waals surface area contributed by atoms with E-state index in [4.69, 9.17) is 10.5 Å². The number of hydrogen-bond acceptors (Lipinski definition) is 3. The third-order valence-electron chi connectivity index (χ3n) is 5.26. The second-order valence-electron chi connectivity index (χ2n) is 6.65. The highest BCUT2D eigenvalue weighted by Crippen LogP contribution is 2.33. The molecule has 3 aliphatic rings. The Balaban J connectivity index is 1.54. The van der Waals surface area contributed by atoms with Gasteiger partial charge in [-0.1, -0.05) is 18.2 Å². The van der Waals surface area contributed by atoms with Crippen molar-refractivity contribution >= 4 is 5.91 Å². The molecule has 21 heavy (non-hydrogen) atoms. The molecular formula is C17H22N2O2. The van der Waals surface area contributed by atoms with E-state index in [0.29, 0.717) is 12.1 Å². The summed E-state index contributed by atoms with van der Waals surface area (Å²) in [4.78, 5) is 14.1. The van der Waals surface area contributed by atoms with E-state index in [0.717, 1.165) is 44.5 Å². The predicted octanol–water partition coefficient (Wildman–Crippen LogP) is 1.56. The Kier molecular flexibility index (Phi) is 3.23. The molecule has 2 fully saturated rings. The number of amides is 1. The first kappa shape index (κ1) is 13.3. The van der Waals surface area contributed by atoms with E-state index in [9.17, 15) is 4.79 Å². The fourth-order valence-electron chi connectivity index (χ4n) is 4.17. The van der Waals surface area contributed by atoms with E-state index in [1.807, 2.05) is 0 Å². The van der Waals surface area contributed by atoms with Crippen molar-refractivity contribution in [3.05, 3.63) is 34.9 Å². The number of rotatable bonds is 3. The third kappa shape index (κ3) is 2.36. The molecule has 2 aliphatic heterocycles. The Morgan fingerprint density at radius 1 is 1.43 bits per heavy atom. The molecule has 4 rings (SSSR count). The monoisotopic (exact) mass is 286 g/mol. The van der Waals surface area contributed by atoms with Gasteiger partial charge in [-0.25, -0.2) is 0 Å². The van der Waals surface area contributed by atoms with Gasteiger partial charge in [0.25, 0.3) is 0 Å². The number of nitrogens with zero attached hydrogens (tertiary/aromatic N) is 1. The molecular weight excluding hydrogens is 264 g/mol. The van der Waals surface area contributed by atoms with Crippen LogP contribution < -0.4 is 5.73 Å². The molecule has 0 aromatic heterocycles. The molecule has 2 heterocycles. The molecule has 1 aromatic rings. The number of carbonyl (C=O) groups is 1. The van der Waals surface area contributed by atoms with Crippen LogP contribution in [0.4, 0.5) is 0 Å². The Hall–Kier alpha value is -1.39. The van der Waals surface area contributed by atoms with E-state index >= 15 is 0 Å². The van der Waals surface area contributed by atoms with Crippen LogP contribution in [0.5, 0.6) is 0 Å². The van der Waals surface area contributed by atoms with Crippen LogP contribution in [0, 0.1) is 0 Å². The summed E-state index contributed by atoms with van der Waals surface area (Å²) < 4.78 is 5.66. The third-order valence-corrected chi connectivity index (χ3v) is 5.26. The van der Waals surface area contributed by atoms with Gasteiger partial charge in [0.05, 0.1) is 18.6 Å². The molecule has 3 unspecified atom stereocenters. The largest absolute Gasteiger partial charge is 0.375 e. The summed E-state index contributed by atoms with van der Waals surface area (Å²) in [5.74, 6) is -0.267. The first-order valence-corrected chi connectivity index (χ1v) is 7.97. The molecule has 2 saturated heterocycles. The average Bonchev–Trinajstić information content (AvgIpc) is 3.09. The average molecular weight is 286 g/mol. The highest BCUT2D eigenvalue weighted by molar-refractivity contribution is 5.82. The smallest absolute Gasteiger partial charge is 0.224 e. The first-order chi connectivity index (χ1) is 10.2. The van der Waals surface area contributed by atoms with E-state index in [1.165, 1.54) is 17.5 Å². The minimum atomic E-state index is -0.183. The van der Waals surface area contributed by atoms with Crippen molar-refractivity contribution in [2.45, 2.75) is 50.3 Å². The summed E-state index contributed by atoms with van der Waals surface area (Å²) in [7, 11) is 0. The van der Waals surface area contributed by atoms with Crippen molar-refractivity contribution < 1.29 is 9.53 Å². The molecule has 4 heteroatoms. The molecule has 1 aliphatic carbocycles. The topological polar surface area (TPSA) is 55.6 Å². The van der Waals surface area contributed by atoms with Gasteiger partial charge in [-0.15, -0.1) is 0 Å². The van der Waals surface area contributed by atoms with Crippen LogP contribution in [0.15, 0.2) is 18.2 Å². The number of morpholine rings is 1. The van der Waals surface area contributed by atoms with Crippen LogP contribution in [0.3, 0.4) is 0 Å². The molecule has 1 amide bonds. The number of hydrogen-bond donors (Lipinski definition) is 1. The fourth-order valence-corrected chi connectivity index (χ4v) is 4.17. The molecule has 112 valence electrons. The highest BCUT2D eigenvalue weighted by Gasteiger charge is 2.38. The lowest BCUT2D eigenvalue weighted by molar-refractivity contribution is -0.119. The Labute approximate surface area is 125 Å². The number of aryl methyl sites for hydroxylation is 1. The molecule has 4 nitrogen and oxygen atoms in total. The molecule has 0 spiro atoms. The molecule has 1 aromatic carbocycles. The second-order valence-corrected chi connectivity index (χ2v) is 6.65. The lowest BCUT2D eigenvalue weighted by Gasteiger charge is -2.28. The van der Waals surface area contributed by atoms with Crippen LogP contribution in [0.25, 0.3) is 0 Å². The van der Waals surface area contributed by atoms with Crippen molar-refractivity contribution in [2.24, 2.45) is 5.73 Å². The summed E-state index contributed by atoms with van der Waals surface area (Å²) in [6.45, 7) is 2.95. The number of benzene rings is 1. The van der Waals surface area contributed by atoms with Crippen molar-refractivity contribution in [2.75, 3.05) is 13.2 Å². The van der Waals surface area contributed by atoms with E-state index < -0.39 is 0 Å². The van der Waals surface area contributed by atoms with Gasteiger partial charge in [-0.3, -0.25) is 9.69 Å². The quantitative estimate of drug-likeness (QED) is 0.917. The maximum absolute atomic E-state index is 11.6. The summed E-state index contributed by atoms with van der Waals surface area (Å²) in [6.07, 6.45) is 4.67. The fraction of sp³-hybridized carbons (Fsp3) is 0.588. The molecule has 0 radical (unpaired) electrons. The van der Waals surface area contributed by atoms with Crippen LogP contribution in [-0.4, -0.2) is 36.1 Å². The predicted molar refractivity (Wildman–Crippen MR) is 79.9 cm³/mol. The number of nitrogens with two attached hydrogens (primary N) is 1. The summed E-state index contributed by atoms with van der Waals surface area (Å²) >= 11 is 0. The number of primary amides is 1. The number of ether oxygens (including phenoxy) is 1. The Bertz CT molecular complexity index is 572. The molecule has 2 N–H and O–H groups in total. The van der Waals surface area contributed by atoms with Crippen molar-refractivity contribution in [3.8, 4) is 0 Å². The Morgan fingerprint density at radius 3 is 3.05 bits per heavy atom. The molecule has 0 saturated carbocycles. The lowest BCUT2D eigenvalue weighted by atomic mass is 9.81. The van der Waals surface area contributed by atoms with Crippen molar-refractivity contribution in [1.82, 2.24) is 4.90 Å². The van der Waals surface area contributed by atoms with Gasteiger partial charge >= 0.3 is 0 Å². The Morgan fingerprint density at radius 2 is 2.33 bits per heavy atom. The zero-order chi connectivity index (χ0) is 14.4. The minimum Gasteiger partial charge on any atom is -0.375 e. The summed E-state index contributed by atoms with van der Waals surface area (Å²) in [5.41, 5.74) is 9.36. The zero-order valence-corrected chi connectivity index (χ0v) is 12.3. The maximum atomic E-state index is 11.6. The van der Waals surface area contributed by atoms with E-state index in [2.05, 4.69) is 23.1 Å². The zero-order valence-electron chi connectivity index (χ0n) is 12.3. The van der Waals surface area contributed by atoms with Gasteiger partial charge in [0, 0.05) is 19.1 Å². The van der Waals surface area contributed by atoms with Crippen LogP contribution in [-0.2, 0) is 22.5 Å². The standard InChI is InChI=1S/C17H22N2O2/c18-17(20)16-3-1-2-12-6-11(4-5-15(12)16)8-19-9-14-7-13(19)10-21-14/h4-6,13-14,16H,1-3,7-10H2,(H2,18,20). The van der Waals surface area contributed by atoms with Gasteiger partial charge in [-0.05, 0) is 42.4 Å². The van der Waals surface area contributed by atoms with Crippen molar-refractivity contribution in [3.63, 3.8) is 0 Å². The van der Waals surface area contributed by atoms with Gasteiger partial charge in [-0.2, -0.15) is 0 Å². The second kappa shape index (κ2) is 5.11. The normalized spacial score (nSPS) is 31.3. The summed E-state index contributed by atoms with van der Waals surface area (Å²) in [6, 6.07) is 7.19. The highest BCUT2D eigenvalue weighted by atomic mass is 16.5. The van der Waals surface area contributed by atoms with Crippen LogP contribution >= 0.6 is 0 Å². The van der Waals surface area contributed by atoms with Crippen LogP contribution in [0.2, 0.25) is 0 Å². The minimum absolute atomic E-state index is 0.0843.